The highest BCUT2D eigenvalue weighted by molar-refractivity contribution is 7.99. The summed E-state index contributed by atoms with van der Waals surface area (Å²) in [5.74, 6) is 1.00. The van der Waals surface area contributed by atoms with Crippen molar-refractivity contribution in [2.75, 3.05) is 17.6 Å². The molecule has 0 aliphatic rings. The third kappa shape index (κ3) is 7.17. The molecule has 2 N–H and O–H groups in total. The van der Waals surface area contributed by atoms with Gasteiger partial charge in [0.15, 0.2) is 11.0 Å². The Morgan fingerprint density at radius 1 is 0.974 bits per heavy atom. The first-order valence-electron chi connectivity index (χ1n) is 12.8. The summed E-state index contributed by atoms with van der Waals surface area (Å²) in [6.07, 6.45) is 1.63. The molecule has 39 heavy (non-hydrogen) atoms. The lowest BCUT2D eigenvalue weighted by Crippen LogP contribution is -2.34. The molecule has 4 aromatic rings. The van der Waals surface area contributed by atoms with E-state index in [4.69, 9.17) is 4.42 Å². The summed E-state index contributed by atoms with van der Waals surface area (Å²) in [5.41, 5.74) is 6.10. The number of nitrogens with zero attached hydrogens (tertiary/aromatic N) is 3. The molecule has 0 unspecified atom stereocenters. The van der Waals surface area contributed by atoms with E-state index in [2.05, 4.69) is 53.7 Å². The lowest BCUT2D eigenvalue weighted by molar-refractivity contribution is -0.122. The van der Waals surface area contributed by atoms with E-state index in [1.807, 2.05) is 61.7 Å². The van der Waals surface area contributed by atoms with Crippen LogP contribution in [0.5, 0.6) is 0 Å². The van der Waals surface area contributed by atoms with Crippen molar-refractivity contribution < 1.29 is 14.0 Å². The first-order valence-corrected chi connectivity index (χ1v) is 13.8. The van der Waals surface area contributed by atoms with Gasteiger partial charge in [0.05, 0.1) is 25.1 Å². The number of amides is 2. The van der Waals surface area contributed by atoms with Gasteiger partial charge >= 0.3 is 0 Å². The molecule has 4 rings (SSSR count). The lowest BCUT2D eigenvalue weighted by atomic mass is 9.87. The van der Waals surface area contributed by atoms with E-state index in [0.29, 0.717) is 17.5 Å². The van der Waals surface area contributed by atoms with Gasteiger partial charge in [-0.2, -0.15) is 0 Å². The van der Waals surface area contributed by atoms with Crippen LogP contribution in [0.3, 0.4) is 0 Å². The van der Waals surface area contributed by atoms with Gasteiger partial charge in [-0.25, -0.2) is 0 Å². The van der Waals surface area contributed by atoms with E-state index in [1.54, 1.807) is 6.26 Å². The zero-order valence-corrected chi connectivity index (χ0v) is 24.1. The Morgan fingerprint density at radius 2 is 1.67 bits per heavy atom. The number of rotatable bonds is 9. The monoisotopic (exact) mass is 545 g/mol. The lowest BCUT2D eigenvalue weighted by Gasteiger charge is -2.19. The minimum absolute atomic E-state index is 0.0451. The van der Waals surface area contributed by atoms with Crippen LogP contribution >= 0.6 is 11.8 Å². The number of nitrogens with one attached hydrogen (secondary N) is 2. The maximum absolute atomic E-state index is 12.6. The van der Waals surface area contributed by atoms with Crippen LogP contribution in [-0.2, 0) is 21.5 Å². The van der Waals surface area contributed by atoms with Crippen molar-refractivity contribution in [2.24, 2.45) is 0 Å². The second-order valence-corrected chi connectivity index (χ2v) is 11.6. The topological polar surface area (TPSA) is 102 Å². The number of carbonyl (C=O) groups excluding carboxylic acids is 2. The van der Waals surface area contributed by atoms with Crippen molar-refractivity contribution >= 4 is 29.3 Å². The highest BCUT2D eigenvalue weighted by atomic mass is 32.2. The molecule has 2 aromatic heterocycles. The summed E-state index contributed by atoms with van der Waals surface area (Å²) in [5, 5.41) is 15.0. The third-order valence-electron chi connectivity index (χ3n) is 6.34. The molecule has 0 fully saturated rings. The van der Waals surface area contributed by atoms with E-state index in [0.717, 1.165) is 33.7 Å². The molecule has 2 heterocycles. The normalized spacial score (nSPS) is 11.4. The standard InChI is InChI=1S/C30H35N5O3S/c1-19-14-20(2)27(21(3)15-19)32-25(36)16-31-26(37)18-39-29-34-33-28(35(29)17-24-8-7-13-38-24)22-9-11-23(12-10-22)30(4,5)6/h7-15H,16-18H2,1-6H3,(H,31,37)(H,32,36). The maximum atomic E-state index is 12.6. The first kappa shape index (κ1) is 28.2. The smallest absolute Gasteiger partial charge is 0.243 e. The van der Waals surface area contributed by atoms with Crippen molar-refractivity contribution in [1.82, 2.24) is 20.1 Å². The quantitative estimate of drug-likeness (QED) is 0.263. The van der Waals surface area contributed by atoms with Gasteiger partial charge in [0.1, 0.15) is 5.76 Å². The van der Waals surface area contributed by atoms with Gasteiger partial charge in [0, 0.05) is 11.3 Å². The van der Waals surface area contributed by atoms with Gasteiger partial charge in [-0.05, 0) is 55.0 Å². The number of hydrogen-bond donors (Lipinski definition) is 2. The highest BCUT2D eigenvalue weighted by Crippen LogP contribution is 2.28. The fourth-order valence-electron chi connectivity index (χ4n) is 4.35. The number of aryl methyl sites for hydroxylation is 3. The van der Waals surface area contributed by atoms with Crippen LogP contribution < -0.4 is 10.6 Å². The highest BCUT2D eigenvalue weighted by Gasteiger charge is 2.19. The third-order valence-corrected chi connectivity index (χ3v) is 7.31. The molecule has 2 aromatic carbocycles. The molecule has 2 amide bonds. The van der Waals surface area contributed by atoms with Crippen LogP contribution in [0.2, 0.25) is 0 Å². The fourth-order valence-corrected chi connectivity index (χ4v) is 5.12. The average molecular weight is 546 g/mol. The predicted molar refractivity (Wildman–Crippen MR) is 155 cm³/mol. The van der Waals surface area contributed by atoms with E-state index in [1.165, 1.54) is 17.3 Å². The van der Waals surface area contributed by atoms with E-state index >= 15 is 0 Å². The summed E-state index contributed by atoms with van der Waals surface area (Å²) in [6, 6.07) is 16.1. The molecular formula is C30H35N5O3S. The summed E-state index contributed by atoms with van der Waals surface area (Å²) in [7, 11) is 0. The van der Waals surface area contributed by atoms with E-state index in [9.17, 15) is 9.59 Å². The zero-order chi connectivity index (χ0) is 28.2. The van der Waals surface area contributed by atoms with Crippen LogP contribution in [0.25, 0.3) is 11.4 Å². The molecule has 0 aliphatic heterocycles. The van der Waals surface area contributed by atoms with Crippen LogP contribution in [0.4, 0.5) is 5.69 Å². The Hall–Kier alpha value is -3.85. The number of benzene rings is 2. The molecule has 0 saturated heterocycles. The average Bonchev–Trinajstić information content (AvgIpc) is 3.53. The minimum atomic E-state index is -0.273. The largest absolute Gasteiger partial charge is 0.467 e. The van der Waals surface area contributed by atoms with Crippen molar-refractivity contribution in [1.29, 1.82) is 0 Å². The van der Waals surface area contributed by atoms with Crippen LogP contribution in [0, 0.1) is 20.8 Å². The van der Waals surface area contributed by atoms with Gasteiger partial charge in [-0.3, -0.25) is 14.2 Å². The Bertz CT molecular complexity index is 1430. The Morgan fingerprint density at radius 3 is 2.28 bits per heavy atom. The van der Waals surface area contributed by atoms with Crippen molar-refractivity contribution in [3.8, 4) is 11.4 Å². The molecule has 9 heteroatoms. The molecule has 0 aliphatic carbocycles. The van der Waals surface area contributed by atoms with Gasteiger partial charge in [0.2, 0.25) is 11.8 Å². The molecule has 8 nitrogen and oxygen atoms in total. The van der Waals surface area contributed by atoms with Gasteiger partial charge < -0.3 is 15.1 Å². The number of thioether (sulfide) groups is 1. The second-order valence-electron chi connectivity index (χ2n) is 10.7. The van der Waals surface area contributed by atoms with Gasteiger partial charge in [0.25, 0.3) is 0 Å². The van der Waals surface area contributed by atoms with E-state index in [-0.39, 0.29) is 29.5 Å². The minimum Gasteiger partial charge on any atom is -0.467 e. The number of carbonyl (C=O) groups is 2. The number of furan rings is 1. The number of anilines is 1. The van der Waals surface area contributed by atoms with Crippen molar-refractivity contribution in [2.45, 2.75) is 58.7 Å². The van der Waals surface area contributed by atoms with E-state index < -0.39 is 0 Å². The Balaban J connectivity index is 1.41. The molecule has 0 radical (unpaired) electrons. The summed E-state index contributed by atoms with van der Waals surface area (Å²) < 4.78 is 7.51. The molecule has 0 atom stereocenters. The van der Waals surface area contributed by atoms with Crippen LogP contribution in [0.15, 0.2) is 64.4 Å². The molecule has 0 saturated carbocycles. The molecular weight excluding hydrogens is 510 g/mol. The second kappa shape index (κ2) is 11.9. The van der Waals surface area contributed by atoms with Gasteiger partial charge in [-0.15, -0.1) is 10.2 Å². The Labute approximate surface area is 233 Å². The first-order chi connectivity index (χ1) is 18.5. The molecule has 0 bridgehead atoms. The van der Waals surface area contributed by atoms with Crippen LogP contribution in [-0.4, -0.2) is 38.9 Å². The maximum Gasteiger partial charge on any atom is 0.243 e. The van der Waals surface area contributed by atoms with Crippen molar-refractivity contribution in [3.05, 3.63) is 82.8 Å². The molecule has 0 spiro atoms. The fraction of sp³-hybridized carbons (Fsp3) is 0.333. The van der Waals surface area contributed by atoms with Gasteiger partial charge in [-0.1, -0.05) is 74.5 Å². The molecule has 204 valence electrons. The number of aromatic nitrogens is 3. The SMILES string of the molecule is Cc1cc(C)c(NC(=O)CNC(=O)CSc2nnc(-c3ccc(C(C)(C)C)cc3)n2Cc2ccco2)c(C)c1. The summed E-state index contributed by atoms with van der Waals surface area (Å²) in [6.45, 7) is 12.8. The van der Waals surface area contributed by atoms with Crippen molar-refractivity contribution in [3.63, 3.8) is 0 Å². The number of hydrogen-bond acceptors (Lipinski definition) is 6. The summed E-state index contributed by atoms with van der Waals surface area (Å²) >= 11 is 1.27. The zero-order valence-electron chi connectivity index (χ0n) is 23.3. The predicted octanol–water partition coefficient (Wildman–Crippen LogP) is 5.66. The summed E-state index contributed by atoms with van der Waals surface area (Å²) in [4.78, 5) is 25.1. The Kier molecular flexibility index (Phi) is 8.60. The van der Waals surface area contributed by atoms with Crippen LogP contribution in [0.1, 0.15) is 48.8 Å².